The Kier molecular flexibility index (Phi) is 7.53. The zero-order chi connectivity index (χ0) is 13.2. The second-order valence-corrected chi connectivity index (χ2v) is 5.18. The Hall–Kier alpha value is -1.00. The van der Waals surface area contributed by atoms with Gasteiger partial charge in [-0.15, -0.1) is 11.8 Å². The number of thioether (sulfide) groups is 1. The van der Waals surface area contributed by atoms with E-state index in [1.807, 2.05) is 30.3 Å². The normalized spacial score (nSPS) is 12.1. The van der Waals surface area contributed by atoms with Gasteiger partial charge in [0, 0.05) is 12.3 Å². The van der Waals surface area contributed by atoms with Crippen LogP contribution in [0.25, 0.3) is 0 Å². The lowest BCUT2D eigenvalue weighted by Crippen LogP contribution is -2.26. The molecule has 0 heterocycles. The highest BCUT2D eigenvalue weighted by Gasteiger charge is 2.08. The molecule has 0 aliphatic heterocycles. The van der Waals surface area contributed by atoms with Crippen molar-refractivity contribution < 1.29 is 9.90 Å². The molecule has 1 amide bonds. The number of amides is 1. The van der Waals surface area contributed by atoms with Crippen LogP contribution in [0.5, 0.6) is 0 Å². The summed E-state index contributed by atoms with van der Waals surface area (Å²) in [6.45, 7) is 2.84. The zero-order valence-electron chi connectivity index (χ0n) is 10.8. The third-order valence-electron chi connectivity index (χ3n) is 2.55. The number of benzene rings is 1. The third-order valence-corrected chi connectivity index (χ3v) is 3.56. The molecule has 0 aliphatic rings. The van der Waals surface area contributed by atoms with Crippen LogP contribution in [0, 0.1) is 0 Å². The van der Waals surface area contributed by atoms with E-state index in [2.05, 4.69) is 12.2 Å². The molecule has 0 bridgehead atoms. The Morgan fingerprint density at radius 2 is 2.11 bits per heavy atom. The molecule has 2 N–H and O–H groups in total. The van der Waals surface area contributed by atoms with Crippen LogP contribution in [0.15, 0.2) is 30.3 Å². The van der Waals surface area contributed by atoms with Gasteiger partial charge in [-0.3, -0.25) is 4.79 Å². The molecule has 0 fully saturated rings. The molecule has 0 radical (unpaired) electrons. The number of rotatable bonds is 8. The highest BCUT2D eigenvalue weighted by molar-refractivity contribution is 7.99. The first-order valence-corrected chi connectivity index (χ1v) is 7.47. The minimum Gasteiger partial charge on any atom is -0.388 e. The topological polar surface area (TPSA) is 49.3 Å². The molecule has 1 atom stereocenters. The maximum absolute atomic E-state index is 11.4. The van der Waals surface area contributed by atoms with Crippen molar-refractivity contribution in [3.05, 3.63) is 35.9 Å². The van der Waals surface area contributed by atoms with Gasteiger partial charge in [0.2, 0.25) is 5.91 Å². The smallest absolute Gasteiger partial charge is 0.229 e. The Morgan fingerprint density at radius 3 is 2.78 bits per heavy atom. The number of hydrogen-bond donors (Lipinski definition) is 2. The number of aliphatic hydroxyl groups excluding tert-OH is 1. The van der Waals surface area contributed by atoms with Crippen molar-refractivity contribution in [1.29, 1.82) is 0 Å². The van der Waals surface area contributed by atoms with Crippen LogP contribution in [0.1, 0.15) is 31.4 Å². The van der Waals surface area contributed by atoms with Crippen LogP contribution in [0.3, 0.4) is 0 Å². The number of carbonyl (C=O) groups is 1. The molecule has 0 saturated heterocycles. The van der Waals surface area contributed by atoms with Crippen molar-refractivity contribution in [2.45, 2.75) is 25.9 Å². The van der Waals surface area contributed by atoms with Crippen molar-refractivity contribution in [2.24, 2.45) is 0 Å². The van der Waals surface area contributed by atoms with Gasteiger partial charge in [0.25, 0.3) is 0 Å². The first kappa shape index (κ1) is 15.1. The zero-order valence-corrected chi connectivity index (χ0v) is 11.6. The lowest BCUT2D eigenvalue weighted by Gasteiger charge is -2.10. The Labute approximate surface area is 113 Å². The van der Waals surface area contributed by atoms with Gasteiger partial charge in [-0.2, -0.15) is 0 Å². The van der Waals surface area contributed by atoms with Crippen molar-refractivity contribution in [2.75, 3.05) is 18.1 Å². The molecule has 1 rings (SSSR count). The molecule has 0 aromatic heterocycles. The van der Waals surface area contributed by atoms with Gasteiger partial charge in [-0.05, 0) is 12.0 Å². The summed E-state index contributed by atoms with van der Waals surface area (Å²) in [6.07, 6.45) is 1.60. The fraction of sp³-hybridized carbons (Fsp3) is 0.500. The van der Waals surface area contributed by atoms with E-state index in [0.29, 0.717) is 11.5 Å². The second-order valence-electron chi connectivity index (χ2n) is 4.15. The standard InChI is InChI=1S/C14H21NO2S/c1-2-3-9-15-14(17)11-18-10-13(16)12-7-5-4-6-8-12/h4-8,13,16H,2-3,9-11H2,1H3,(H,15,17). The maximum Gasteiger partial charge on any atom is 0.229 e. The van der Waals surface area contributed by atoms with Crippen molar-refractivity contribution in [1.82, 2.24) is 5.32 Å². The number of aliphatic hydroxyl groups is 1. The van der Waals surface area contributed by atoms with Crippen LogP contribution in [0.4, 0.5) is 0 Å². The molecule has 18 heavy (non-hydrogen) atoms. The lowest BCUT2D eigenvalue weighted by atomic mass is 10.1. The molecule has 0 spiro atoms. The summed E-state index contributed by atoms with van der Waals surface area (Å²) >= 11 is 1.46. The first-order chi connectivity index (χ1) is 8.74. The molecule has 1 aromatic rings. The highest BCUT2D eigenvalue weighted by Crippen LogP contribution is 2.17. The number of nitrogens with one attached hydrogen (secondary N) is 1. The molecule has 0 aliphatic carbocycles. The summed E-state index contributed by atoms with van der Waals surface area (Å²) in [4.78, 5) is 11.4. The van der Waals surface area contributed by atoms with Crippen molar-refractivity contribution >= 4 is 17.7 Å². The molecule has 100 valence electrons. The van der Waals surface area contributed by atoms with Gasteiger partial charge in [0.1, 0.15) is 0 Å². The molecular formula is C14H21NO2S. The fourth-order valence-electron chi connectivity index (χ4n) is 1.49. The summed E-state index contributed by atoms with van der Waals surface area (Å²) in [5.74, 6) is 1.01. The lowest BCUT2D eigenvalue weighted by molar-refractivity contribution is -0.118. The van der Waals surface area contributed by atoms with E-state index in [1.54, 1.807) is 0 Å². The monoisotopic (exact) mass is 267 g/mol. The summed E-state index contributed by atoms with van der Waals surface area (Å²) in [7, 11) is 0. The third kappa shape index (κ3) is 6.07. The average Bonchev–Trinajstić information content (AvgIpc) is 2.40. The predicted molar refractivity (Wildman–Crippen MR) is 76.6 cm³/mol. The second kappa shape index (κ2) is 9.00. The number of unbranched alkanes of at least 4 members (excludes halogenated alkanes) is 1. The SMILES string of the molecule is CCCCNC(=O)CSCC(O)c1ccccc1. The van der Waals surface area contributed by atoms with Crippen molar-refractivity contribution in [3.63, 3.8) is 0 Å². The molecule has 1 aromatic carbocycles. The Morgan fingerprint density at radius 1 is 1.39 bits per heavy atom. The molecule has 3 nitrogen and oxygen atoms in total. The van der Waals surface area contributed by atoms with Gasteiger partial charge in [-0.1, -0.05) is 43.7 Å². The van der Waals surface area contributed by atoms with Crippen LogP contribution in [-0.2, 0) is 4.79 Å². The quantitative estimate of drug-likeness (QED) is 0.711. The summed E-state index contributed by atoms with van der Waals surface area (Å²) in [5.41, 5.74) is 0.899. The van der Waals surface area contributed by atoms with E-state index < -0.39 is 6.10 Å². The van der Waals surface area contributed by atoms with E-state index in [4.69, 9.17) is 0 Å². The maximum atomic E-state index is 11.4. The Bertz CT molecular complexity index is 343. The molecule has 4 heteroatoms. The predicted octanol–water partition coefficient (Wildman–Crippen LogP) is 2.37. The number of carbonyl (C=O) groups excluding carboxylic acids is 1. The summed E-state index contributed by atoms with van der Waals surface area (Å²) in [5, 5.41) is 12.8. The minimum absolute atomic E-state index is 0.0497. The van der Waals surface area contributed by atoms with E-state index in [9.17, 15) is 9.90 Å². The largest absolute Gasteiger partial charge is 0.388 e. The Balaban J connectivity index is 2.16. The minimum atomic E-state index is -0.500. The van der Waals surface area contributed by atoms with Crippen molar-refractivity contribution in [3.8, 4) is 0 Å². The van der Waals surface area contributed by atoms with E-state index in [0.717, 1.165) is 24.9 Å². The van der Waals surface area contributed by atoms with Crippen LogP contribution < -0.4 is 5.32 Å². The van der Waals surface area contributed by atoms with E-state index in [1.165, 1.54) is 11.8 Å². The van der Waals surface area contributed by atoms with Gasteiger partial charge >= 0.3 is 0 Å². The van der Waals surface area contributed by atoms with Gasteiger partial charge in [0.05, 0.1) is 11.9 Å². The van der Waals surface area contributed by atoms with E-state index >= 15 is 0 Å². The average molecular weight is 267 g/mol. The van der Waals surface area contributed by atoms with Gasteiger partial charge in [0.15, 0.2) is 0 Å². The summed E-state index contributed by atoms with van der Waals surface area (Å²) < 4.78 is 0. The fourth-order valence-corrected chi connectivity index (χ4v) is 2.31. The van der Waals surface area contributed by atoms with Gasteiger partial charge < -0.3 is 10.4 Å². The number of hydrogen-bond acceptors (Lipinski definition) is 3. The molecule has 0 saturated carbocycles. The first-order valence-electron chi connectivity index (χ1n) is 6.31. The van der Waals surface area contributed by atoms with Gasteiger partial charge in [-0.25, -0.2) is 0 Å². The molecule has 1 unspecified atom stereocenters. The van der Waals surface area contributed by atoms with Crippen LogP contribution in [0.2, 0.25) is 0 Å². The van der Waals surface area contributed by atoms with Crippen LogP contribution in [-0.4, -0.2) is 29.1 Å². The molecular weight excluding hydrogens is 246 g/mol. The van der Waals surface area contributed by atoms with Crippen LogP contribution >= 0.6 is 11.8 Å². The van der Waals surface area contributed by atoms with E-state index in [-0.39, 0.29) is 5.91 Å². The highest BCUT2D eigenvalue weighted by atomic mass is 32.2. The summed E-state index contributed by atoms with van der Waals surface area (Å²) in [6, 6.07) is 9.52.